The van der Waals surface area contributed by atoms with E-state index in [0.29, 0.717) is 17.1 Å². The third-order valence-electron chi connectivity index (χ3n) is 1.72. The molecule has 12 heavy (non-hydrogen) atoms. The maximum Gasteiger partial charge on any atom is 0.276 e. The van der Waals surface area contributed by atoms with Gasteiger partial charge in [0.05, 0.1) is 5.71 Å². The first kappa shape index (κ1) is 7.28. The highest BCUT2D eigenvalue weighted by atomic mass is 19.1. The van der Waals surface area contributed by atoms with E-state index in [1.165, 1.54) is 0 Å². The first-order chi connectivity index (χ1) is 5.77. The number of para-hydroxylation sites is 2. The topological polar surface area (TPSA) is 21.6 Å². The van der Waals surface area contributed by atoms with Gasteiger partial charge in [0.1, 0.15) is 11.4 Å². The number of benzene rings is 1. The lowest BCUT2D eigenvalue weighted by molar-refractivity contribution is 0.128. The molecule has 62 valence electrons. The van der Waals surface area contributed by atoms with E-state index >= 15 is 0 Å². The van der Waals surface area contributed by atoms with E-state index in [2.05, 4.69) is 4.99 Å². The second kappa shape index (κ2) is 2.59. The third-order valence-corrected chi connectivity index (χ3v) is 1.72. The van der Waals surface area contributed by atoms with Gasteiger partial charge in [-0.1, -0.05) is 12.1 Å². The molecule has 0 aromatic heterocycles. The molecule has 2 nitrogen and oxygen atoms in total. The van der Waals surface area contributed by atoms with Gasteiger partial charge in [-0.2, -0.15) is 4.39 Å². The molecular formula is C9H8FNO. The van der Waals surface area contributed by atoms with Crippen molar-refractivity contribution in [2.75, 3.05) is 0 Å². The largest absolute Gasteiger partial charge is 0.453 e. The minimum Gasteiger partial charge on any atom is -0.453 e. The SMILES string of the molecule is CC1=Nc2ccccc2OC1F. The van der Waals surface area contributed by atoms with Crippen LogP contribution < -0.4 is 4.74 Å². The highest BCUT2D eigenvalue weighted by Gasteiger charge is 2.19. The number of hydrogen-bond acceptors (Lipinski definition) is 2. The quantitative estimate of drug-likeness (QED) is 0.578. The van der Waals surface area contributed by atoms with Gasteiger partial charge in [-0.05, 0) is 19.1 Å². The van der Waals surface area contributed by atoms with E-state index in [1.807, 2.05) is 6.07 Å². The molecule has 1 aliphatic rings. The lowest BCUT2D eigenvalue weighted by Gasteiger charge is -2.17. The van der Waals surface area contributed by atoms with Crippen LogP contribution in [0.25, 0.3) is 0 Å². The van der Waals surface area contributed by atoms with Gasteiger partial charge in [0.25, 0.3) is 6.36 Å². The predicted octanol–water partition coefficient (Wildman–Crippen LogP) is 2.47. The van der Waals surface area contributed by atoms with Crippen molar-refractivity contribution in [2.24, 2.45) is 4.99 Å². The maximum absolute atomic E-state index is 12.9. The summed E-state index contributed by atoms with van der Waals surface area (Å²) in [7, 11) is 0. The highest BCUT2D eigenvalue weighted by Crippen LogP contribution is 2.31. The first-order valence-electron chi connectivity index (χ1n) is 3.72. The van der Waals surface area contributed by atoms with Crippen molar-refractivity contribution >= 4 is 11.4 Å². The summed E-state index contributed by atoms with van der Waals surface area (Å²) in [6.45, 7) is 1.61. The van der Waals surface area contributed by atoms with Crippen LogP contribution >= 0.6 is 0 Å². The van der Waals surface area contributed by atoms with E-state index in [1.54, 1.807) is 25.1 Å². The van der Waals surface area contributed by atoms with Gasteiger partial charge in [0.2, 0.25) is 0 Å². The zero-order valence-corrected chi connectivity index (χ0v) is 6.62. The summed E-state index contributed by atoms with van der Waals surface area (Å²) in [5.41, 5.74) is 1.07. The summed E-state index contributed by atoms with van der Waals surface area (Å²) in [6.07, 6.45) is -1.39. The van der Waals surface area contributed by atoms with Crippen LogP contribution in [0.3, 0.4) is 0 Å². The molecule has 0 aliphatic carbocycles. The van der Waals surface area contributed by atoms with Crippen LogP contribution in [0.2, 0.25) is 0 Å². The van der Waals surface area contributed by atoms with Crippen molar-refractivity contribution < 1.29 is 9.13 Å². The summed E-state index contributed by atoms with van der Waals surface area (Å²) in [5, 5.41) is 0. The van der Waals surface area contributed by atoms with Gasteiger partial charge in [-0.3, -0.25) is 0 Å². The molecule has 3 heteroatoms. The number of halogens is 1. The predicted molar refractivity (Wildman–Crippen MR) is 44.7 cm³/mol. The number of fused-ring (bicyclic) bond motifs is 1. The van der Waals surface area contributed by atoms with Crippen molar-refractivity contribution in [3.8, 4) is 5.75 Å². The molecule has 0 saturated heterocycles. The molecule has 1 heterocycles. The average Bonchev–Trinajstić information content (AvgIpc) is 2.07. The Labute approximate surface area is 69.7 Å². The van der Waals surface area contributed by atoms with Crippen molar-refractivity contribution in [1.82, 2.24) is 0 Å². The molecule has 1 atom stereocenters. The van der Waals surface area contributed by atoms with Crippen LogP contribution in [0.1, 0.15) is 6.92 Å². The smallest absolute Gasteiger partial charge is 0.276 e. The fourth-order valence-electron chi connectivity index (χ4n) is 1.09. The summed E-state index contributed by atoms with van der Waals surface area (Å²) < 4.78 is 17.8. The lowest BCUT2D eigenvalue weighted by atomic mass is 10.2. The number of alkyl halides is 1. The summed E-state index contributed by atoms with van der Waals surface area (Å²) >= 11 is 0. The number of hydrogen-bond donors (Lipinski definition) is 0. The van der Waals surface area contributed by atoms with Gasteiger partial charge in [-0.25, -0.2) is 4.99 Å². The van der Waals surface area contributed by atoms with Crippen molar-refractivity contribution in [1.29, 1.82) is 0 Å². The van der Waals surface area contributed by atoms with E-state index in [4.69, 9.17) is 4.74 Å². The number of nitrogens with zero attached hydrogens (tertiary/aromatic N) is 1. The van der Waals surface area contributed by atoms with Gasteiger partial charge in [-0.15, -0.1) is 0 Å². The lowest BCUT2D eigenvalue weighted by Crippen LogP contribution is -2.22. The molecular weight excluding hydrogens is 157 g/mol. The standard InChI is InChI=1S/C9H8FNO/c1-6-9(10)12-8-5-3-2-4-7(8)11-6/h2-5,9H,1H3. The number of ether oxygens (including phenoxy) is 1. The molecule has 2 rings (SSSR count). The Kier molecular flexibility index (Phi) is 1.57. The molecule has 0 bridgehead atoms. The molecule has 0 N–H and O–H groups in total. The van der Waals surface area contributed by atoms with Crippen molar-refractivity contribution in [3.05, 3.63) is 24.3 Å². The summed E-state index contributed by atoms with van der Waals surface area (Å²) in [5.74, 6) is 0.510. The zero-order valence-electron chi connectivity index (χ0n) is 6.62. The zero-order chi connectivity index (χ0) is 8.55. The van der Waals surface area contributed by atoms with Crippen LogP contribution in [0.4, 0.5) is 10.1 Å². The van der Waals surface area contributed by atoms with Crippen molar-refractivity contribution in [3.63, 3.8) is 0 Å². The van der Waals surface area contributed by atoms with Crippen LogP contribution in [0.15, 0.2) is 29.3 Å². The van der Waals surface area contributed by atoms with Crippen molar-refractivity contribution in [2.45, 2.75) is 13.3 Å². The van der Waals surface area contributed by atoms with E-state index in [9.17, 15) is 4.39 Å². The highest BCUT2D eigenvalue weighted by molar-refractivity contribution is 5.90. The van der Waals surface area contributed by atoms with Crippen LogP contribution in [-0.2, 0) is 0 Å². The number of rotatable bonds is 0. The van der Waals surface area contributed by atoms with Gasteiger partial charge >= 0.3 is 0 Å². The molecule has 0 saturated carbocycles. The molecule has 0 radical (unpaired) electrons. The average molecular weight is 165 g/mol. The summed E-state index contributed by atoms with van der Waals surface area (Å²) in [4.78, 5) is 4.04. The Morgan fingerprint density at radius 3 is 3.00 bits per heavy atom. The Morgan fingerprint density at radius 1 is 1.42 bits per heavy atom. The van der Waals surface area contributed by atoms with Gasteiger partial charge in [0.15, 0.2) is 0 Å². The Morgan fingerprint density at radius 2 is 2.17 bits per heavy atom. The van der Waals surface area contributed by atoms with Crippen LogP contribution in [0, 0.1) is 0 Å². The molecule has 0 amide bonds. The van der Waals surface area contributed by atoms with Crippen LogP contribution in [-0.4, -0.2) is 12.1 Å². The van der Waals surface area contributed by atoms with Gasteiger partial charge < -0.3 is 4.74 Å². The normalized spacial score (nSPS) is 20.8. The molecule has 1 aromatic rings. The Balaban J connectivity index is 2.49. The fraction of sp³-hybridized carbons (Fsp3) is 0.222. The minimum absolute atomic E-state index is 0.369. The number of aliphatic imine (C=N–C) groups is 1. The molecule has 0 spiro atoms. The van der Waals surface area contributed by atoms with Gasteiger partial charge in [0, 0.05) is 0 Å². The third kappa shape index (κ3) is 1.07. The molecule has 1 unspecified atom stereocenters. The van der Waals surface area contributed by atoms with E-state index < -0.39 is 6.36 Å². The Hall–Kier alpha value is -1.38. The van der Waals surface area contributed by atoms with Crippen LogP contribution in [0.5, 0.6) is 5.75 Å². The second-order valence-electron chi connectivity index (χ2n) is 2.65. The second-order valence-corrected chi connectivity index (χ2v) is 2.65. The fourth-order valence-corrected chi connectivity index (χ4v) is 1.09. The minimum atomic E-state index is -1.39. The van der Waals surface area contributed by atoms with E-state index in [-0.39, 0.29) is 0 Å². The van der Waals surface area contributed by atoms with E-state index in [0.717, 1.165) is 0 Å². The Bertz CT molecular complexity index is 335. The first-order valence-corrected chi connectivity index (χ1v) is 3.72. The summed E-state index contributed by atoms with van der Waals surface area (Å²) in [6, 6.07) is 7.14. The maximum atomic E-state index is 12.9. The molecule has 1 aliphatic heterocycles. The molecule has 0 fully saturated rings. The molecule has 1 aromatic carbocycles. The monoisotopic (exact) mass is 165 g/mol.